The van der Waals surface area contributed by atoms with Crippen LogP contribution in [0.4, 0.5) is 5.69 Å². The van der Waals surface area contributed by atoms with Gasteiger partial charge in [0, 0.05) is 42.9 Å². The van der Waals surface area contributed by atoms with E-state index in [0.717, 1.165) is 48.3 Å². The molecule has 0 N–H and O–H groups in total. The fourth-order valence-corrected chi connectivity index (χ4v) is 4.94. The first kappa shape index (κ1) is 25.2. The summed E-state index contributed by atoms with van der Waals surface area (Å²) < 4.78 is 7.70. The summed E-state index contributed by atoms with van der Waals surface area (Å²) >= 11 is 0. The van der Waals surface area contributed by atoms with E-state index in [1.54, 1.807) is 18.3 Å². The zero-order chi connectivity index (χ0) is 26.5. The summed E-state index contributed by atoms with van der Waals surface area (Å²) in [4.78, 5) is 20.5. The highest BCUT2D eigenvalue weighted by molar-refractivity contribution is 5.85. The van der Waals surface area contributed by atoms with Crippen LogP contribution in [0.2, 0.25) is 0 Å². The zero-order valence-electron chi connectivity index (χ0n) is 21.8. The largest absolute Gasteiger partial charge is 0.488 e. The van der Waals surface area contributed by atoms with Crippen LogP contribution < -0.4 is 15.2 Å². The summed E-state index contributed by atoms with van der Waals surface area (Å²) in [5.41, 5.74) is 3.64. The van der Waals surface area contributed by atoms with Crippen molar-refractivity contribution in [3.8, 4) is 11.8 Å². The van der Waals surface area contributed by atoms with E-state index in [4.69, 9.17) is 14.8 Å². The molecular formula is C31H31N5O2. The van der Waals surface area contributed by atoms with E-state index in [9.17, 15) is 10.1 Å². The molecule has 1 fully saturated rings. The molecule has 0 bridgehead atoms. The van der Waals surface area contributed by atoms with Gasteiger partial charge in [0.05, 0.1) is 28.8 Å². The third kappa shape index (κ3) is 5.30. The van der Waals surface area contributed by atoms with Gasteiger partial charge in [-0.1, -0.05) is 49.6 Å². The molecule has 1 aliphatic rings. The van der Waals surface area contributed by atoms with Crippen molar-refractivity contribution in [2.75, 3.05) is 19.0 Å². The maximum absolute atomic E-state index is 13.6. The molecule has 0 saturated heterocycles. The number of anilines is 1. The molecular weight excluding hydrogens is 474 g/mol. The van der Waals surface area contributed by atoms with Crippen molar-refractivity contribution in [3.05, 3.63) is 99.6 Å². The molecule has 1 aliphatic carbocycles. The Balaban J connectivity index is 1.55. The van der Waals surface area contributed by atoms with E-state index >= 15 is 0 Å². The number of nitrogens with zero attached hydrogens (tertiary/aromatic N) is 5. The molecule has 7 heteroatoms. The highest BCUT2D eigenvalue weighted by Gasteiger charge is 2.22. The number of fused-ring (bicyclic) bond motifs is 1. The Morgan fingerprint density at radius 2 is 1.84 bits per heavy atom. The average Bonchev–Trinajstić information content (AvgIpc) is 2.96. The van der Waals surface area contributed by atoms with E-state index in [1.807, 2.05) is 73.6 Å². The van der Waals surface area contributed by atoms with E-state index in [-0.39, 0.29) is 18.1 Å². The minimum Gasteiger partial charge on any atom is -0.488 e. The predicted molar refractivity (Wildman–Crippen MR) is 151 cm³/mol. The monoisotopic (exact) mass is 505 g/mol. The predicted octanol–water partition coefficient (Wildman–Crippen LogP) is 5.84. The van der Waals surface area contributed by atoms with E-state index in [1.165, 1.54) is 11.1 Å². The molecule has 192 valence electrons. The average molecular weight is 506 g/mol. The summed E-state index contributed by atoms with van der Waals surface area (Å²) in [6, 6.07) is 22.9. The maximum atomic E-state index is 13.6. The number of rotatable bonds is 7. The quantitative estimate of drug-likeness (QED) is 0.295. The van der Waals surface area contributed by atoms with Crippen LogP contribution in [0, 0.1) is 11.3 Å². The third-order valence-electron chi connectivity index (χ3n) is 7.10. The van der Waals surface area contributed by atoms with Crippen LogP contribution in [0.3, 0.4) is 0 Å². The van der Waals surface area contributed by atoms with Gasteiger partial charge in [0.1, 0.15) is 18.2 Å². The van der Waals surface area contributed by atoms with Crippen LogP contribution in [0.25, 0.3) is 10.9 Å². The zero-order valence-corrected chi connectivity index (χ0v) is 21.8. The SMILES string of the molecule is CN(C)c1ccc(C=Nn2c(C3CCCCC3)nc3ccccc3c2=O)c(OCc2ccccc2C#N)c1. The Morgan fingerprint density at radius 3 is 2.63 bits per heavy atom. The van der Waals surface area contributed by atoms with Crippen molar-refractivity contribution >= 4 is 22.8 Å². The number of aromatic nitrogens is 2. The standard InChI is InChI=1S/C31H31N5O2/c1-35(2)26-17-16-24(29(18-26)38-21-25-13-7-6-12-23(25)19-32)20-33-36-30(22-10-4-3-5-11-22)34-28-15-9-8-14-27(28)31(36)37/h6-9,12-18,20,22H,3-5,10-11,21H2,1-2H3. The first-order valence-electron chi connectivity index (χ1n) is 13.0. The summed E-state index contributed by atoms with van der Waals surface area (Å²) in [6.07, 6.45) is 7.16. The van der Waals surface area contributed by atoms with Crippen LogP contribution in [0.15, 0.2) is 76.6 Å². The molecule has 5 rings (SSSR count). The molecule has 0 atom stereocenters. The molecule has 7 nitrogen and oxygen atoms in total. The normalized spacial score (nSPS) is 14.0. The summed E-state index contributed by atoms with van der Waals surface area (Å²) in [6.45, 7) is 0.242. The Hall–Kier alpha value is -4.44. The number of para-hydroxylation sites is 1. The minimum absolute atomic E-state index is 0.164. The second-order valence-corrected chi connectivity index (χ2v) is 9.86. The number of hydrogen-bond acceptors (Lipinski definition) is 6. The number of hydrogen-bond donors (Lipinski definition) is 0. The lowest BCUT2D eigenvalue weighted by Crippen LogP contribution is -2.25. The maximum Gasteiger partial charge on any atom is 0.282 e. The van der Waals surface area contributed by atoms with Crippen molar-refractivity contribution in [2.24, 2.45) is 5.10 Å². The van der Waals surface area contributed by atoms with Gasteiger partial charge in [0.15, 0.2) is 0 Å². The minimum atomic E-state index is -0.164. The number of nitriles is 1. The van der Waals surface area contributed by atoms with Crippen LogP contribution in [0.1, 0.15) is 60.5 Å². The molecule has 1 saturated carbocycles. The molecule has 0 spiro atoms. The van der Waals surface area contributed by atoms with Gasteiger partial charge < -0.3 is 9.64 Å². The molecule has 1 aromatic heterocycles. The van der Waals surface area contributed by atoms with Crippen LogP contribution in [-0.2, 0) is 6.61 Å². The second kappa shape index (κ2) is 11.3. The van der Waals surface area contributed by atoms with Gasteiger partial charge in [0.25, 0.3) is 5.56 Å². The fraction of sp³-hybridized carbons (Fsp3) is 0.290. The molecule has 0 amide bonds. The Morgan fingerprint density at radius 1 is 1.08 bits per heavy atom. The molecule has 0 aliphatic heterocycles. The van der Waals surface area contributed by atoms with Crippen molar-refractivity contribution in [2.45, 2.75) is 44.6 Å². The molecule has 4 aromatic rings. The molecule has 3 aromatic carbocycles. The summed E-state index contributed by atoms with van der Waals surface area (Å²) in [7, 11) is 3.93. The van der Waals surface area contributed by atoms with Crippen molar-refractivity contribution < 1.29 is 4.74 Å². The molecule has 0 radical (unpaired) electrons. The van der Waals surface area contributed by atoms with Gasteiger partial charge in [-0.25, -0.2) is 4.98 Å². The highest BCUT2D eigenvalue weighted by atomic mass is 16.5. The molecule has 0 unspecified atom stereocenters. The van der Waals surface area contributed by atoms with E-state index < -0.39 is 0 Å². The number of ether oxygens (including phenoxy) is 1. The Bertz CT molecular complexity index is 1580. The third-order valence-corrected chi connectivity index (χ3v) is 7.10. The summed E-state index contributed by atoms with van der Waals surface area (Å²) in [5, 5.41) is 14.7. The summed E-state index contributed by atoms with van der Waals surface area (Å²) in [5.74, 6) is 1.54. The first-order chi connectivity index (χ1) is 18.5. The van der Waals surface area contributed by atoms with Crippen LogP contribution in [-0.4, -0.2) is 30.0 Å². The van der Waals surface area contributed by atoms with Gasteiger partial charge in [-0.05, 0) is 43.2 Å². The second-order valence-electron chi connectivity index (χ2n) is 9.86. The van der Waals surface area contributed by atoms with Crippen LogP contribution >= 0.6 is 0 Å². The fourth-order valence-electron chi connectivity index (χ4n) is 4.94. The Labute approximate surface area is 222 Å². The van der Waals surface area contributed by atoms with Gasteiger partial charge >= 0.3 is 0 Å². The highest BCUT2D eigenvalue weighted by Crippen LogP contribution is 2.32. The Kier molecular flexibility index (Phi) is 7.50. The van der Waals surface area contributed by atoms with Crippen molar-refractivity contribution in [1.29, 1.82) is 5.26 Å². The topological polar surface area (TPSA) is 83.5 Å². The lowest BCUT2D eigenvalue weighted by molar-refractivity contribution is 0.305. The molecule has 38 heavy (non-hydrogen) atoms. The van der Waals surface area contributed by atoms with Crippen molar-refractivity contribution in [1.82, 2.24) is 9.66 Å². The van der Waals surface area contributed by atoms with E-state index in [0.29, 0.717) is 22.2 Å². The lowest BCUT2D eigenvalue weighted by Gasteiger charge is -2.22. The van der Waals surface area contributed by atoms with Gasteiger partial charge in [-0.2, -0.15) is 15.0 Å². The van der Waals surface area contributed by atoms with E-state index in [2.05, 4.69) is 6.07 Å². The molecule has 1 heterocycles. The van der Waals surface area contributed by atoms with Crippen molar-refractivity contribution in [3.63, 3.8) is 0 Å². The van der Waals surface area contributed by atoms with Gasteiger partial charge in [-0.15, -0.1) is 0 Å². The van der Waals surface area contributed by atoms with Gasteiger partial charge in [-0.3, -0.25) is 4.79 Å². The number of benzene rings is 3. The smallest absolute Gasteiger partial charge is 0.282 e. The van der Waals surface area contributed by atoms with Gasteiger partial charge in [0.2, 0.25) is 0 Å². The first-order valence-corrected chi connectivity index (χ1v) is 13.0. The lowest BCUT2D eigenvalue weighted by atomic mass is 9.88. The van der Waals surface area contributed by atoms with Crippen LogP contribution in [0.5, 0.6) is 5.75 Å².